The average Bonchev–Trinajstić information content (AvgIpc) is 2.77. The number of hydrogen-bond acceptors (Lipinski definition) is 7. The number of nitro groups is 1. The number of rotatable bonds is 12. The van der Waals surface area contributed by atoms with Gasteiger partial charge in [0.05, 0.1) is 22.6 Å². The average molecular weight is 466 g/mol. The first-order valence-electron chi connectivity index (χ1n) is 9.97. The monoisotopic (exact) mass is 465 g/mol. The highest BCUT2D eigenvalue weighted by molar-refractivity contribution is 7.92. The van der Waals surface area contributed by atoms with E-state index in [0.29, 0.717) is 37.5 Å². The normalized spacial score (nSPS) is 11.1. The summed E-state index contributed by atoms with van der Waals surface area (Å²) < 4.78 is 38.0. The van der Waals surface area contributed by atoms with Gasteiger partial charge in [0.1, 0.15) is 12.3 Å². The quantitative estimate of drug-likeness (QED) is 0.290. The third-order valence-electron chi connectivity index (χ3n) is 4.60. The maximum Gasteiger partial charge on any atom is 0.273 e. The van der Waals surface area contributed by atoms with Crippen molar-refractivity contribution in [2.24, 2.45) is 0 Å². The van der Waals surface area contributed by atoms with Crippen LogP contribution in [0.4, 0.5) is 11.4 Å². The van der Waals surface area contributed by atoms with Crippen LogP contribution in [0.5, 0.6) is 5.75 Å². The fraction of sp³-hybridized carbons (Fsp3) is 0.381. The van der Waals surface area contributed by atoms with Crippen LogP contribution in [0, 0.1) is 17.0 Å². The van der Waals surface area contributed by atoms with Crippen molar-refractivity contribution in [1.82, 2.24) is 5.32 Å². The predicted molar refractivity (Wildman–Crippen MR) is 119 cm³/mol. The molecule has 32 heavy (non-hydrogen) atoms. The SMILES string of the molecule is CCOCCCNC(=O)CN(c1ccc(OC)cc1)S(=O)(=O)c1ccc(C)c([N+](=O)[O-])c1. The fourth-order valence-corrected chi connectivity index (χ4v) is 4.31. The first-order valence-corrected chi connectivity index (χ1v) is 11.4. The van der Waals surface area contributed by atoms with Crippen molar-refractivity contribution >= 4 is 27.3 Å². The summed E-state index contributed by atoms with van der Waals surface area (Å²) in [7, 11) is -2.80. The summed E-state index contributed by atoms with van der Waals surface area (Å²) in [5.74, 6) is -0.0000460. The lowest BCUT2D eigenvalue weighted by molar-refractivity contribution is -0.385. The lowest BCUT2D eigenvalue weighted by Crippen LogP contribution is -2.41. The van der Waals surface area contributed by atoms with E-state index in [1.54, 1.807) is 12.1 Å². The molecule has 174 valence electrons. The Hall–Kier alpha value is -3.18. The summed E-state index contributed by atoms with van der Waals surface area (Å²) in [6.45, 7) is 4.26. The Labute approximate surface area is 187 Å². The van der Waals surface area contributed by atoms with Gasteiger partial charge >= 0.3 is 0 Å². The summed E-state index contributed by atoms with van der Waals surface area (Å²) >= 11 is 0. The topological polar surface area (TPSA) is 128 Å². The standard InChI is InChI=1S/C21H27N3O7S/c1-4-31-13-5-12-22-21(25)15-23(17-7-9-18(30-3)10-8-17)32(28,29)19-11-6-16(2)20(14-19)24(26)27/h6-11,14H,4-5,12-13,15H2,1-3H3,(H,22,25). The summed E-state index contributed by atoms with van der Waals surface area (Å²) in [6, 6.07) is 9.79. The first kappa shape index (κ1) is 25.1. The number of ether oxygens (including phenoxy) is 2. The van der Waals surface area contributed by atoms with Crippen LogP contribution in [0.2, 0.25) is 0 Å². The molecule has 0 heterocycles. The van der Waals surface area contributed by atoms with E-state index in [2.05, 4.69) is 5.32 Å². The molecule has 0 atom stereocenters. The maximum atomic E-state index is 13.4. The van der Waals surface area contributed by atoms with E-state index in [4.69, 9.17) is 9.47 Å². The van der Waals surface area contributed by atoms with Gasteiger partial charge in [-0.2, -0.15) is 0 Å². The van der Waals surface area contributed by atoms with Crippen LogP contribution in [0.3, 0.4) is 0 Å². The van der Waals surface area contributed by atoms with Crippen LogP contribution in [0.1, 0.15) is 18.9 Å². The molecule has 11 heteroatoms. The molecule has 0 saturated heterocycles. The van der Waals surface area contributed by atoms with Gasteiger partial charge in [-0.25, -0.2) is 8.42 Å². The lowest BCUT2D eigenvalue weighted by atomic mass is 10.2. The second-order valence-corrected chi connectivity index (χ2v) is 8.68. The number of benzene rings is 2. The van der Waals surface area contributed by atoms with E-state index in [0.717, 1.165) is 10.4 Å². The third-order valence-corrected chi connectivity index (χ3v) is 6.37. The lowest BCUT2D eigenvalue weighted by Gasteiger charge is -2.24. The van der Waals surface area contributed by atoms with Gasteiger partial charge in [0.2, 0.25) is 5.91 Å². The molecule has 0 unspecified atom stereocenters. The van der Waals surface area contributed by atoms with Crippen LogP contribution < -0.4 is 14.4 Å². The van der Waals surface area contributed by atoms with Gasteiger partial charge < -0.3 is 14.8 Å². The molecule has 0 saturated carbocycles. The minimum Gasteiger partial charge on any atom is -0.497 e. The third kappa shape index (κ3) is 6.41. The van der Waals surface area contributed by atoms with Crippen LogP contribution in [0.15, 0.2) is 47.4 Å². The predicted octanol–water partition coefficient (Wildman–Crippen LogP) is 2.65. The molecule has 0 aromatic heterocycles. The molecule has 0 bridgehead atoms. The number of nitro benzene ring substituents is 1. The Bertz CT molecular complexity index is 1040. The van der Waals surface area contributed by atoms with Gasteiger partial charge in [0.25, 0.3) is 15.7 Å². The summed E-state index contributed by atoms with van der Waals surface area (Å²) in [5.41, 5.74) is 0.233. The zero-order chi connectivity index (χ0) is 23.7. The van der Waals surface area contributed by atoms with E-state index in [9.17, 15) is 23.3 Å². The molecule has 10 nitrogen and oxygen atoms in total. The number of carbonyl (C=O) groups excluding carboxylic acids is 1. The smallest absolute Gasteiger partial charge is 0.273 e. The number of anilines is 1. The van der Waals surface area contributed by atoms with Crippen molar-refractivity contribution in [3.63, 3.8) is 0 Å². The second kappa shape index (κ2) is 11.4. The zero-order valence-corrected chi connectivity index (χ0v) is 19.1. The van der Waals surface area contributed by atoms with Crippen molar-refractivity contribution < 1.29 is 27.6 Å². The van der Waals surface area contributed by atoms with Gasteiger partial charge in [-0.15, -0.1) is 0 Å². The molecule has 2 aromatic rings. The van der Waals surface area contributed by atoms with Crippen molar-refractivity contribution in [3.05, 3.63) is 58.1 Å². The Morgan fingerprint density at radius 2 is 1.88 bits per heavy atom. The Morgan fingerprint density at radius 3 is 2.47 bits per heavy atom. The van der Waals surface area contributed by atoms with E-state index < -0.39 is 27.4 Å². The zero-order valence-electron chi connectivity index (χ0n) is 18.2. The minimum absolute atomic E-state index is 0.221. The van der Waals surface area contributed by atoms with Crippen molar-refractivity contribution in [2.45, 2.75) is 25.2 Å². The molecular formula is C21H27N3O7S. The number of hydrogen-bond donors (Lipinski definition) is 1. The maximum absolute atomic E-state index is 13.4. The van der Waals surface area contributed by atoms with E-state index in [1.807, 2.05) is 6.92 Å². The summed E-state index contributed by atoms with van der Waals surface area (Å²) in [4.78, 5) is 22.9. The highest BCUT2D eigenvalue weighted by Gasteiger charge is 2.29. The molecule has 0 spiro atoms. The highest BCUT2D eigenvalue weighted by atomic mass is 32.2. The molecule has 2 rings (SSSR count). The number of aryl methyl sites for hydroxylation is 1. The Morgan fingerprint density at radius 1 is 1.19 bits per heavy atom. The molecular weight excluding hydrogens is 438 g/mol. The summed E-state index contributed by atoms with van der Waals surface area (Å²) in [6.07, 6.45) is 0.582. The molecule has 0 aliphatic carbocycles. The number of carbonyl (C=O) groups is 1. The number of nitrogens with one attached hydrogen (secondary N) is 1. The number of sulfonamides is 1. The largest absolute Gasteiger partial charge is 0.497 e. The fourth-order valence-electron chi connectivity index (χ4n) is 2.87. The number of nitrogens with zero attached hydrogens (tertiary/aromatic N) is 2. The van der Waals surface area contributed by atoms with Gasteiger partial charge in [0, 0.05) is 31.4 Å². The molecule has 0 fully saturated rings. The minimum atomic E-state index is -4.28. The first-order chi connectivity index (χ1) is 15.2. The van der Waals surface area contributed by atoms with Crippen molar-refractivity contribution in [1.29, 1.82) is 0 Å². The van der Waals surface area contributed by atoms with Crippen molar-refractivity contribution in [2.75, 3.05) is 37.7 Å². The number of methoxy groups -OCH3 is 1. The molecule has 1 amide bonds. The highest BCUT2D eigenvalue weighted by Crippen LogP contribution is 2.28. The van der Waals surface area contributed by atoms with Gasteiger partial charge in [0.15, 0.2) is 0 Å². The molecule has 0 radical (unpaired) electrons. The molecule has 2 aromatic carbocycles. The molecule has 1 N–H and O–H groups in total. The second-order valence-electron chi connectivity index (χ2n) is 6.82. The van der Waals surface area contributed by atoms with E-state index >= 15 is 0 Å². The number of amides is 1. The molecule has 0 aliphatic heterocycles. The van der Waals surface area contributed by atoms with E-state index in [-0.39, 0.29) is 16.3 Å². The van der Waals surface area contributed by atoms with Gasteiger partial charge in [-0.05, 0) is 50.6 Å². The Balaban J connectivity index is 2.35. The summed E-state index contributed by atoms with van der Waals surface area (Å²) in [5, 5.41) is 14.0. The van der Waals surface area contributed by atoms with Gasteiger partial charge in [-0.1, -0.05) is 6.07 Å². The Kier molecular flexibility index (Phi) is 8.97. The van der Waals surface area contributed by atoms with Crippen LogP contribution in [0.25, 0.3) is 0 Å². The van der Waals surface area contributed by atoms with E-state index in [1.165, 1.54) is 38.3 Å². The van der Waals surface area contributed by atoms with Crippen LogP contribution >= 0.6 is 0 Å². The van der Waals surface area contributed by atoms with Crippen molar-refractivity contribution in [3.8, 4) is 5.75 Å². The van der Waals surface area contributed by atoms with Crippen LogP contribution in [-0.2, 0) is 19.6 Å². The van der Waals surface area contributed by atoms with Crippen LogP contribution in [-0.4, -0.2) is 52.7 Å². The van der Waals surface area contributed by atoms with Gasteiger partial charge in [-0.3, -0.25) is 19.2 Å². The molecule has 0 aliphatic rings.